The van der Waals surface area contributed by atoms with Gasteiger partial charge in [-0.25, -0.2) is 0 Å². The Morgan fingerprint density at radius 2 is 1.68 bits per heavy atom. The second kappa shape index (κ2) is 6.80. The number of rotatable bonds is 6. The summed E-state index contributed by atoms with van der Waals surface area (Å²) in [6.45, 7) is 4.30. The monoisotopic (exact) mass is 275 g/mol. The molecule has 0 saturated carbocycles. The molecule has 19 heavy (non-hydrogen) atoms. The molecule has 0 radical (unpaired) electrons. The van der Waals surface area contributed by atoms with Crippen LogP contribution in [-0.4, -0.2) is 6.36 Å². The van der Waals surface area contributed by atoms with Gasteiger partial charge in [-0.2, -0.15) is 0 Å². The molecule has 0 aromatic heterocycles. The number of halogens is 3. The van der Waals surface area contributed by atoms with Crippen molar-refractivity contribution in [2.45, 2.75) is 45.5 Å². The van der Waals surface area contributed by atoms with Crippen LogP contribution in [0.1, 0.15) is 44.7 Å². The molecule has 1 atom stereocenters. The van der Waals surface area contributed by atoms with Gasteiger partial charge in [-0.1, -0.05) is 38.8 Å². The lowest BCUT2D eigenvalue weighted by Gasteiger charge is -2.14. The Morgan fingerprint density at radius 3 is 2.16 bits per heavy atom. The second-order valence-electron chi connectivity index (χ2n) is 5.05. The smallest absolute Gasteiger partial charge is 0.406 e. The Balaban J connectivity index is 2.51. The maximum absolute atomic E-state index is 12.0. The Kier molecular flexibility index (Phi) is 5.66. The third kappa shape index (κ3) is 6.47. The third-order valence-electron chi connectivity index (χ3n) is 2.84. The molecule has 0 heterocycles. The molecule has 0 bridgehead atoms. The summed E-state index contributed by atoms with van der Waals surface area (Å²) in [6.07, 6.45) is -1.71. The molecular formula is C14H20F3NO. The summed E-state index contributed by atoms with van der Waals surface area (Å²) in [6, 6.07) is 5.62. The molecular weight excluding hydrogens is 255 g/mol. The molecule has 0 saturated heterocycles. The minimum atomic E-state index is -4.65. The number of hydrogen-bond acceptors (Lipinski definition) is 2. The van der Waals surface area contributed by atoms with Crippen LogP contribution in [0.5, 0.6) is 5.75 Å². The van der Waals surface area contributed by atoms with Crippen LogP contribution in [0.3, 0.4) is 0 Å². The first-order valence-electron chi connectivity index (χ1n) is 6.39. The third-order valence-corrected chi connectivity index (χ3v) is 2.84. The van der Waals surface area contributed by atoms with E-state index in [-0.39, 0.29) is 11.8 Å². The van der Waals surface area contributed by atoms with E-state index >= 15 is 0 Å². The number of alkyl halides is 3. The van der Waals surface area contributed by atoms with E-state index in [9.17, 15) is 13.2 Å². The summed E-state index contributed by atoms with van der Waals surface area (Å²) in [4.78, 5) is 0. The van der Waals surface area contributed by atoms with Gasteiger partial charge >= 0.3 is 6.36 Å². The van der Waals surface area contributed by atoms with Crippen LogP contribution < -0.4 is 10.5 Å². The van der Waals surface area contributed by atoms with Gasteiger partial charge in [0.2, 0.25) is 0 Å². The molecule has 0 aliphatic heterocycles. The Labute approximate surface area is 111 Å². The van der Waals surface area contributed by atoms with Crippen LogP contribution in [0.4, 0.5) is 13.2 Å². The largest absolute Gasteiger partial charge is 0.573 e. The lowest BCUT2D eigenvalue weighted by atomic mass is 9.99. The Bertz CT molecular complexity index is 373. The van der Waals surface area contributed by atoms with E-state index in [1.807, 2.05) is 0 Å². The summed E-state index contributed by atoms with van der Waals surface area (Å²) in [5.74, 6) is 0.417. The van der Waals surface area contributed by atoms with E-state index in [1.54, 1.807) is 12.1 Å². The molecule has 0 spiro atoms. The highest BCUT2D eigenvalue weighted by molar-refractivity contribution is 5.29. The first-order chi connectivity index (χ1) is 8.78. The van der Waals surface area contributed by atoms with Gasteiger partial charge < -0.3 is 10.5 Å². The van der Waals surface area contributed by atoms with E-state index in [0.29, 0.717) is 5.92 Å². The van der Waals surface area contributed by atoms with Gasteiger partial charge in [0, 0.05) is 6.04 Å². The predicted octanol–water partition coefficient (Wildman–Crippen LogP) is 4.41. The van der Waals surface area contributed by atoms with Crippen molar-refractivity contribution in [1.82, 2.24) is 0 Å². The van der Waals surface area contributed by atoms with Crippen molar-refractivity contribution < 1.29 is 17.9 Å². The molecule has 0 aliphatic rings. The molecule has 0 fully saturated rings. The fraction of sp³-hybridized carbons (Fsp3) is 0.571. The maximum atomic E-state index is 12.0. The van der Waals surface area contributed by atoms with E-state index in [4.69, 9.17) is 5.73 Å². The summed E-state index contributed by atoms with van der Waals surface area (Å²) in [5, 5.41) is 0. The van der Waals surface area contributed by atoms with Gasteiger partial charge in [0.1, 0.15) is 5.75 Å². The van der Waals surface area contributed by atoms with E-state index < -0.39 is 6.36 Å². The van der Waals surface area contributed by atoms with Gasteiger partial charge in [-0.3, -0.25) is 0 Å². The van der Waals surface area contributed by atoms with Crippen LogP contribution in [0, 0.1) is 5.92 Å². The molecule has 0 amide bonds. The van der Waals surface area contributed by atoms with E-state index in [0.717, 1.165) is 24.8 Å². The number of benzene rings is 1. The first kappa shape index (κ1) is 15.8. The van der Waals surface area contributed by atoms with Crippen molar-refractivity contribution in [2.24, 2.45) is 11.7 Å². The first-order valence-corrected chi connectivity index (χ1v) is 6.39. The van der Waals surface area contributed by atoms with Crippen LogP contribution in [0.15, 0.2) is 24.3 Å². The van der Waals surface area contributed by atoms with Crippen molar-refractivity contribution >= 4 is 0 Å². The minimum absolute atomic E-state index is 0.140. The van der Waals surface area contributed by atoms with Crippen molar-refractivity contribution in [2.75, 3.05) is 0 Å². The van der Waals surface area contributed by atoms with Gasteiger partial charge in [-0.05, 0) is 30.0 Å². The van der Waals surface area contributed by atoms with Gasteiger partial charge in [-0.15, -0.1) is 13.2 Å². The van der Waals surface area contributed by atoms with Gasteiger partial charge in [0.05, 0.1) is 0 Å². The molecule has 0 aliphatic carbocycles. The Morgan fingerprint density at radius 1 is 1.11 bits per heavy atom. The molecule has 1 rings (SSSR count). The summed E-state index contributed by atoms with van der Waals surface area (Å²) < 4.78 is 39.8. The highest BCUT2D eigenvalue weighted by Crippen LogP contribution is 2.25. The van der Waals surface area contributed by atoms with Crippen molar-refractivity contribution in [1.29, 1.82) is 0 Å². The SMILES string of the molecule is CC(C)CCCC(N)c1ccc(OC(F)(F)F)cc1. The zero-order valence-corrected chi connectivity index (χ0v) is 11.2. The second-order valence-corrected chi connectivity index (χ2v) is 5.05. The quantitative estimate of drug-likeness (QED) is 0.834. The average molecular weight is 275 g/mol. The molecule has 2 N–H and O–H groups in total. The van der Waals surface area contributed by atoms with Crippen LogP contribution >= 0.6 is 0 Å². The van der Waals surface area contributed by atoms with E-state index in [1.165, 1.54) is 12.1 Å². The highest BCUT2D eigenvalue weighted by Gasteiger charge is 2.30. The molecule has 1 aromatic carbocycles. The average Bonchev–Trinajstić information content (AvgIpc) is 2.27. The van der Waals surface area contributed by atoms with Gasteiger partial charge in [0.15, 0.2) is 0 Å². The molecule has 1 unspecified atom stereocenters. The zero-order chi connectivity index (χ0) is 14.5. The number of hydrogen-bond donors (Lipinski definition) is 1. The number of nitrogens with two attached hydrogens (primary N) is 1. The van der Waals surface area contributed by atoms with Crippen LogP contribution in [-0.2, 0) is 0 Å². The fourth-order valence-corrected chi connectivity index (χ4v) is 1.83. The van der Waals surface area contributed by atoms with Gasteiger partial charge in [0.25, 0.3) is 0 Å². The lowest BCUT2D eigenvalue weighted by Crippen LogP contribution is -2.17. The standard InChI is InChI=1S/C14H20F3NO/c1-10(2)4-3-5-13(18)11-6-8-12(9-7-11)19-14(15,16)17/h6-10,13H,3-5,18H2,1-2H3. The van der Waals surface area contributed by atoms with Crippen LogP contribution in [0.2, 0.25) is 0 Å². The number of ether oxygens (including phenoxy) is 1. The molecule has 108 valence electrons. The maximum Gasteiger partial charge on any atom is 0.573 e. The zero-order valence-electron chi connectivity index (χ0n) is 11.2. The fourth-order valence-electron chi connectivity index (χ4n) is 1.83. The molecule has 2 nitrogen and oxygen atoms in total. The summed E-state index contributed by atoms with van der Waals surface area (Å²) in [7, 11) is 0. The van der Waals surface area contributed by atoms with E-state index in [2.05, 4.69) is 18.6 Å². The van der Waals surface area contributed by atoms with Crippen LogP contribution in [0.25, 0.3) is 0 Å². The summed E-state index contributed by atoms with van der Waals surface area (Å²) in [5.41, 5.74) is 6.83. The normalized spacial score (nSPS) is 13.6. The highest BCUT2D eigenvalue weighted by atomic mass is 19.4. The lowest BCUT2D eigenvalue weighted by molar-refractivity contribution is -0.274. The molecule has 1 aromatic rings. The topological polar surface area (TPSA) is 35.2 Å². The summed E-state index contributed by atoms with van der Waals surface area (Å²) >= 11 is 0. The van der Waals surface area contributed by atoms with Crippen molar-refractivity contribution in [3.05, 3.63) is 29.8 Å². The van der Waals surface area contributed by atoms with Crippen molar-refractivity contribution in [3.63, 3.8) is 0 Å². The van der Waals surface area contributed by atoms with Crippen molar-refractivity contribution in [3.8, 4) is 5.75 Å². The molecule has 5 heteroatoms. The minimum Gasteiger partial charge on any atom is -0.406 e. The Hall–Kier alpha value is -1.23. The predicted molar refractivity (Wildman–Crippen MR) is 68.7 cm³/mol.